The molecule has 0 aliphatic rings. The summed E-state index contributed by atoms with van der Waals surface area (Å²) < 4.78 is 0. The molecule has 0 saturated heterocycles. The summed E-state index contributed by atoms with van der Waals surface area (Å²) in [4.78, 5) is 10.1. The van der Waals surface area contributed by atoms with Crippen LogP contribution in [0, 0.1) is 0 Å². The third-order valence-electron chi connectivity index (χ3n) is 1.29. The van der Waals surface area contributed by atoms with Crippen LogP contribution in [-0.4, -0.2) is 23.7 Å². The Bertz CT molecular complexity index is 111. The van der Waals surface area contributed by atoms with Gasteiger partial charge in [0.1, 0.15) is 6.04 Å². The molecule has 0 aliphatic heterocycles. The van der Waals surface area contributed by atoms with Crippen molar-refractivity contribution in [3.8, 4) is 0 Å². The van der Waals surface area contributed by atoms with Crippen molar-refractivity contribution in [2.24, 2.45) is 11.5 Å². The van der Waals surface area contributed by atoms with Crippen molar-refractivity contribution < 1.29 is 27.3 Å². The molecule has 0 radical (unpaired) electrons. The molecule has 5 heteroatoms. The first kappa shape index (κ1) is 13.5. The second-order valence-electron chi connectivity index (χ2n) is 2.23. The molecule has 1 atom stereocenters. The van der Waals surface area contributed by atoms with Crippen molar-refractivity contribution in [3.05, 3.63) is 0 Å². The van der Waals surface area contributed by atoms with Gasteiger partial charge in [0.05, 0.1) is 0 Å². The van der Waals surface area contributed by atoms with Gasteiger partial charge in [-0.25, -0.2) is 0 Å². The molecule has 0 aromatic heterocycles. The van der Waals surface area contributed by atoms with Crippen LogP contribution in [0.5, 0.6) is 0 Å². The Labute approximate surface area is 77.1 Å². The predicted molar refractivity (Wildman–Crippen MR) is 38.5 cm³/mol. The summed E-state index contributed by atoms with van der Waals surface area (Å²) in [5, 5.41) is 8.33. The maximum Gasteiger partial charge on any atom is 0.320 e. The van der Waals surface area contributed by atoms with E-state index in [-0.39, 0.29) is 17.4 Å². The molecule has 66 valence electrons. The van der Waals surface area contributed by atoms with Crippen LogP contribution in [-0.2, 0) is 22.2 Å². The Kier molecular flexibility index (Phi) is 9.85. The van der Waals surface area contributed by atoms with Crippen LogP contribution in [0.1, 0.15) is 19.3 Å². The molecule has 0 aliphatic carbocycles. The molecule has 0 spiro atoms. The molecule has 0 aromatic rings. The normalized spacial score (nSPS) is 11.8. The number of carboxylic acids is 1. The fraction of sp³-hybridized carbons (Fsp3) is 0.833. The van der Waals surface area contributed by atoms with Gasteiger partial charge in [-0.3, -0.25) is 4.79 Å². The topological polar surface area (TPSA) is 89.3 Å². The van der Waals surface area contributed by atoms with Gasteiger partial charge in [-0.15, -0.1) is 0 Å². The van der Waals surface area contributed by atoms with Gasteiger partial charge in [-0.2, -0.15) is 0 Å². The van der Waals surface area contributed by atoms with Crippen molar-refractivity contribution in [2.45, 2.75) is 25.3 Å². The van der Waals surface area contributed by atoms with Gasteiger partial charge in [0.25, 0.3) is 0 Å². The molecule has 4 nitrogen and oxygen atoms in total. The second kappa shape index (κ2) is 8.02. The first-order valence-electron chi connectivity index (χ1n) is 3.37. The maximum atomic E-state index is 10.1. The van der Waals surface area contributed by atoms with E-state index >= 15 is 0 Å². The standard InChI is InChI=1S/C6H14N2O2.Cr/c7-4-2-1-3-5(8)6(9)10;/h5H,1-4,7-8H2,(H,9,10);/t5-;/m0./s1. The zero-order chi connectivity index (χ0) is 7.98. The summed E-state index contributed by atoms with van der Waals surface area (Å²) in [5.74, 6) is -0.933. The minimum atomic E-state index is -0.933. The molecule has 0 bridgehead atoms. The van der Waals surface area contributed by atoms with Crippen LogP contribution in [0.2, 0.25) is 0 Å². The number of hydrogen-bond donors (Lipinski definition) is 3. The SMILES string of the molecule is NCCCC[C@H](N)C(=O)O.[Cr]. The van der Waals surface area contributed by atoms with Gasteiger partial charge in [0.2, 0.25) is 0 Å². The third-order valence-corrected chi connectivity index (χ3v) is 1.29. The zero-order valence-electron chi connectivity index (χ0n) is 6.32. The number of hydrogen-bond acceptors (Lipinski definition) is 3. The van der Waals surface area contributed by atoms with Crippen LogP contribution in [0.3, 0.4) is 0 Å². The third kappa shape index (κ3) is 7.82. The van der Waals surface area contributed by atoms with Gasteiger partial charge < -0.3 is 16.6 Å². The van der Waals surface area contributed by atoms with E-state index in [4.69, 9.17) is 16.6 Å². The predicted octanol–water partition coefficient (Wildman–Crippen LogP) is -0.475. The van der Waals surface area contributed by atoms with Crippen molar-refractivity contribution in [1.29, 1.82) is 0 Å². The van der Waals surface area contributed by atoms with E-state index < -0.39 is 12.0 Å². The van der Waals surface area contributed by atoms with Crippen molar-refractivity contribution in [2.75, 3.05) is 6.54 Å². The summed E-state index contributed by atoms with van der Waals surface area (Å²) >= 11 is 0. The van der Waals surface area contributed by atoms with E-state index in [0.29, 0.717) is 13.0 Å². The van der Waals surface area contributed by atoms with Gasteiger partial charge >= 0.3 is 5.97 Å². The van der Waals surface area contributed by atoms with Crippen LogP contribution >= 0.6 is 0 Å². The van der Waals surface area contributed by atoms with Crippen molar-refractivity contribution in [1.82, 2.24) is 0 Å². The van der Waals surface area contributed by atoms with Gasteiger partial charge in [0.15, 0.2) is 0 Å². The van der Waals surface area contributed by atoms with E-state index in [1.54, 1.807) is 0 Å². The largest absolute Gasteiger partial charge is 0.480 e. The van der Waals surface area contributed by atoms with Gasteiger partial charge in [-0.1, -0.05) is 6.42 Å². The molecule has 5 N–H and O–H groups in total. The molecule has 0 fully saturated rings. The minimum absolute atomic E-state index is 0. The second-order valence-corrected chi connectivity index (χ2v) is 2.23. The van der Waals surface area contributed by atoms with Crippen LogP contribution < -0.4 is 11.5 Å². The number of carboxylic acid groups (broad SMARTS) is 1. The van der Waals surface area contributed by atoms with E-state index in [1.165, 1.54) is 0 Å². The van der Waals surface area contributed by atoms with Gasteiger partial charge in [0, 0.05) is 17.4 Å². The fourth-order valence-electron chi connectivity index (χ4n) is 0.632. The van der Waals surface area contributed by atoms with Crippen LogP contribution in [0.15, 0.2) is 0 Å². The quantitative estimate of drug-likeness (QED) is 0.521. The van der Waals surface area contributed by atoms with Crippen molar-refractivity contribution >= 4 is 5.97 Å². The molecule has 0 rings (SSSR count). The van der Waals surface area contributed by atoms with E-state index in [9.17, 15) is 4.79 Å². The number of rotatable bonds is 5. The van der Waals surface area contributed by atoms with Crippen LogP contribution in [0.25, 0.3) is 0 Å². The summed E-state index contributed by atoms with van der Waals surface area (Å²) in [7, 11) is 0. The Morgan fingerprint density at radius 2 is 2.00 bits per heavy atom. The molecule has 0 heterocycles. The first-order chi connectivity index (χ1) is 4.68. The van der Waals surface area contributed by atoms with Crippen molar-refractivity contribution in [3.63, 3.8) is 0 Å². The molecule has 11 heavy (non-hydrogen) atoms. The Hall–Kier alpha value is -0.0775. The Morgan fingerprint density at radius 3 is 2.36 bits per heavy atom. The monoisotopic (exact) mass is 198 g/mol. The average Bonchev–Trinajstić information content (AvgIpc) is 1.88. The summed E-state index contributed by atoms with van der Waals surface area (Å²) in [6, 6.07) is -0.716. The molecule has 0 saturated carbocycles. The summed E-state index contributed by atoms with van der Waals surface area (Å²) in [6.45, 7) is 0.604. The Balaban J connectivity index is 0. The van der Waals surface area contributed by atoms with Gasteiger partial charge in [-0.05, 0) is 19.4 Å². The molecule has 0 aromatic carbocycles. The Morgan fingerprint density at radius 1 is 1.45 bits per heavy atom. The first-order valence-corrected chi connectivity index (χ1v) is 3.37. The minimum Gasteiger partial charge on any atom is -0.480 e. The van der Waals surface area contributed by atoms with E-state index in [2.05, 4.69) is 0 Å². The average molecular weight is 198 g/mol. The zero-order valence-corrected chi connectivity index (χ0v) is 7.60. The van der Waals surface area contributed by atoms with E-state index in [0.717, 1.165) is 12.8 Å². The molecular weight excluding hydrogens is 184 g/mol. The number of nitrogens with two attached hydrogens (primary N) is 2. The number of carbonyl (C=O) groups is 1. The smallest absolute Gasteiger partial charge is 0.320 e. The molecular formula is C6H14CrN2O2. The fourth-order valence-corrected chi connectivity index (χ4v) is 0.632. The number of aliphatic carboxylic acids is 1. The maximum absolute atomic E-state index is 10.1. The van der Waals surface area contributed by atoms with Crippen LogP contribution in [0.4, 0.5) is 0 Å². The summed E-state index contributed by atoms with van der Waals surface area (Å²) in [5.41, 5.74) is 10.4. The van der Waals surface area contributed by atoms with E-state index in [1.807, 2.05) is 0 Å². The molecule has 0 amide bonds. The summed E-state index contributed by atoms with van der Waals surface area (Å²) in [6.07, 6.45) is 2.16. The molecule has 0 unspecified atom stereocenters. The number of unbranched alkanes of at least 4 members (excludes halogenated alkanes) is 1.